The summed E-state index contributed by atoms with van der Waals surface area (Å²) in [6.07, 6.45) is 3.29. The van der Waals surface area contributed by atoms with Gasteiger partial charge < -0.3 is 9.73 Å². The molecule has 0 aliphatic carbocycles. The predicted octanol–water partition coefficient (Wildman–Crippen LogP) is 2.27. The van der Waals surface area contributed by atoms with Gasteiger partial charge in [0.05, 0.1) is 30.2 Å². The van der Waals surface area contributed by atoms with Gasteiger partial charge in [0.15, 0.2) is 5.76 Å². The van der Waals surface area contributed by atoms with E-state index in [4.69, 9.17) is 4.42 Å². The average molecular weight is 405 g/mol. The summed E-state index contributed by atoms with van der Waals surface area (Å²) in [7, 11) is 0. The summed E-state index contributed by atoms with van der Waals surface area (Å²) in [4.78, 5) is 39.2. The van der Waals surface area contributed by atoms with Crippen LogP contribution in [0.4, 0.5) is 5.88 Å². The Bertz CT molecular complexity index is 1300. The molecule has 0 aliphatic heterocycles. The molecule has 0 spiro atoms. The molecule has 10 nitrogen and oxygen atoms in total. The van der Waals surface area contributed by atoms with E-state index in [2.05, 4.69) is 15.4 Å². The minimum absolute atomic E-state index is 0.00115. The van der Waals surface area contributed by atoms with E-state index in [1.165, 1.54) is 10.7 Å². The lowest BCUT2D eigenvalue weighted by atomic mass is 10.1. The van der Waals surface area contributed by atoms with Crippen molar-refractivity contribution in [3.63, 3.8) is 0 Å². The van der Waals surface area contributed by atoms with E-state index in [9.17, 15) is 19.7 Å². The number of amides is 1. The monoisotopic (exact) mass is 405 g/mol. The van der Waals surface area contributed by atoms with E-state index in [1.807, 2.05) is 6.07 Å². The Morgan fingerprint density at radius 1 is 1.13 bits per heavy atom. The Morgan fingerprint density at radius 3 is 2.63 bits per heavy atom. The highest BCUT2D eigenvalue weighted by Crippen LogP contribution is 2.17. The highest BCUT2D eigenvalue weighted by Gasteiger charge is 2.18. The molecule has 0 bridgehead atoms. The van der Waals surface area contributed by atoms with Crippen LogP contribution in [-0.2, 0) is 13.1 Å². The largest absolute Gasteiger partial charge is 0.433 e. The highest BCUT2D eigenvalue weighted by molar-refractivity contribution is 5.92. The number of nitrogens with one attached hydrogen (secondary N) is 1. The van der Waals surface area contributed by atoms with Crippen molar-refractivity contribution in [2.24, 2.45) is 0 Å². The van der Waals surface area contributed by atoms with Crippen LogP contribution in [0.3, 0.4) is 0 Å². The van der Waals surface area contributed by atoms with Crippen LogP contribution in [0.15, 0.2) is 70.1 Å². The molecule has 3 aromatic heterocycles. The number of pyridine rings is 1. The molecule has 0 atom stereocenters. The van der Waals surface area contributed by atoms with Crippen LogP contribution in [0.2, 0.25) is 0 Å². The lowest BCUT2D eigenvalue weighted by Gasteiger charge is -2.11. The minimum Gasteiger partial charge on any atom is -0.395 e. The second kappa shape index (κ2) is 7.95. The number of aromatic nitrogens is 3. The van der Waals surface area contributed by atoms with Crippen LogP contribution in [0.25, 0.3) is 10.8 Å². The Kier molecular flexibility index (Phi) is 5.04. The Morgan fingerprint density at radius 2 is 1.93 bits per heavy atom. The Labute approximate surface area is 168 Å². The maximum Gasteiger partial charge on any atom is 0.433 e. The number of carbonyl (C=O) groups excluding carboxylic acids is 1. The first kappa shape index (κ1) is 19.0. The molecule has 4 aromatic rings. The molecular formula is C20H15N5O5. The van der Waals surface area contributed by atoms with Crippen molar-refractivity contribution in [3.8, 4) is 0 Å². The van der Waals surface area contributed by atoms with Gasteiger partial charge in [0.25, 0.3) is 11.5 Å². The lowest BCUT2D eigenvalue weighted by Crippen LogP contribution is -2.28. The van der Waals surface area contributed by atoms with Crippen LogP contribution in [0.1, 0.15) is 21.8 Å². The van der Waals surface area contributed by atoms with Crippen molar-refractivity contribution >= 4 is 22.6 Å². The van der Waals surface area contributed by atoms with Gasteiger partial charge in [0, 0.05) is 17.8 Å². The van der Waals surface area contributed by atoms with Crippen molar-refractivity contribution in [1.29, 1.82) is 0 Å². The third-order valence-electron chi connectivity index (χ3n) is 4.41. The van der Waals surface area contributed by atoms with Crippen LogP contribution in [-0.4, -0.2) is 25.6 Å². The first-order chi connectivity index (χ1) is 14.5. The molecule has 10 heteroatoms. The van der Waals surface area contributed by atoms with E-state index in [0.29, 0.717) is 16.5 Å². The normalized spacial score (nSPS) is 10.8. The van der Waals surface area contributed by atoms with Gasteiger partial charge in [-0.2, -0.15) is 5.10 Å². The summed E-state index contributed by atoms with van der Waals surface area (Å²) in [6.45, 7) is 0.226. The Hall–Kier alpha value is -4.34. The number of furan rings is 1. The maximum absolute atomic E-state index is 12.8. The summed E-state index contributed by atoms with van der Waals surface area (Å²) in [6, 6.07) is 12.9. The second-order valence-electron chi connectivity index (χ2n) is 6.39. The molecule has 4 rings (SSSR count). The third kappa shape index (κ3) is 3.78. The van der Waals surface area contributed by atoms with Gasteiger partial charge >= 0.3 is 5.88 Å². The van der Waals surface area contributed by atoms with E-state index in [-0.39, 0.29) is 24.4 Å². The van der Waals surface area contributed by atoms with Gasteiger partial charge in [-0.1, -0.05) is 24.3 Å². The fourth-order valence-electron chi connectivity index (χ4n) is 3.01. The molecule has 1 N–H and O–H groups in total. The van der Waals surface area contributed by atoms with E-state index >= 15 is 0 Å². The molecule has 0 aliphatic rings. The number of rotatable bonds is 6. The van der Waals surface area contributed by atoms with Gasteiger partial charge in [-0.25, -0.2) is 4.68 Å². The molecule has 1 amide bonds. The quantitative estimate of drug-likeness (QED) is 0.384. The molecule has 0 saturated heterocycles. The molecule has 0 unspecified atom stereocenters. The van der Waals surface area contributed by atoms with Crippen LogP contribution in [0.5, 0.6) is 0 Å². The van der Waals surface area contributed by atoms with Crippen LogP contribution in [0, 0.1) is 10.1 Å². The standard InChI is InChI=1S/C20H15N5O5/c26-19(17-7-8-18(30-17)25(28)29)22-11-16-14-5-1-2-6-15(14)20(27)24(23-16)12-13-4-3-9-21-10-13/h1-10H,11-12H2,(H,22,26). The number of carbonyl (C=O) groups is 1. The fourth-order valence-corrected chi connectivity index (χ4v) is 3.01. The third-order valence-corrected chi connectivity index (χ3v) is 4.41. The van der Waals surface area contributed by atoms with Crippen molar-refractivity contribution in [1.82, 2.24) is 20.1 Å². The fraction of sp³-hybridized carbons (Fsp3) is 0.100. The van der Waals surface area contributed by atoms with Crippen molar-refractivity contribution in [3.05, 3.63) is 98.4 Å². The zero-order chi connectivity index (χ0) is 21.1. The first-order valence-electron chi connectivity index (χ1n) is 8.93. The lowest BCUT2D eigenvalue weighted by molar-refractivity contribution is -0.402. The van der Waals surface area contributed by atoms with Crippen molar-refractivity contribution < 1.29 is 14.1 Å². The summed E-state index contributed by atoms with van der Waals surface area (Å²) < 4.78 is 6.23. The number of hydrogen-bond acceptors (Lipinski definition) is 7. The predicted molar refractivity (Wildman–Crippen MR) is 106 cm³/mol. The number of benzene rings is 1. The average Bonchev–Trinajstić information content (AvgIpc) is 3.26. The summed E-state index contributed by atoms with van der Waals surface area (Å²) in [5.41, 5.74) is 1.02. The second-order valence-corrected chi connectivity index (χ2v) is 6.39. The van der Waals surface area contributed by atoms with Crippen LogP contribution < -0.4 is 10.9 Å². The van der Waals surface area contributed by atoms with Crippen molar-refractivity contribution in [2.75, 3.05) is 0 Å². The first-order valence-corrected chi connectivity index (χ1v) is 8.93. The molecule has 0 fully saturated rings. The van der Waals surface area contributed by atoms with Gasteiger partial charge in [0.1, 0.15) is 4.92 Å². The van der Waals surface area contributed by atoms with E-state index in [0.717, 1.165) is 11.6 Å². The number of fused-ring (bicyclic) bond motifs is 1. The smallest absolute Gasteiger partial charge is 0.395 e. The number of nitrogens with zero attached hydrogens (tertiary/aromatic N) is 4. The Balaban J connectivity index is 1.64. The summed E-state index contributed by atoms with van der Waals surface area (Å²) >= 11 is 0. The van der Waals surface area contributed by atoms with E-state index in [1.54, 1.807) is 42.7 Å². The van der Waals surface area contributed by atoms with Gasteiger partial charge in [-0.15, -0.1) is 0 Å². The molecular weight excluding hydrogens is 390 g/mol. The number of hydrogen-bond donors (Lipinski definition) is 1. The summed E-state index contributed by atoms with van der Waals surface area (Å²) in [5, 5.41) is 18.8. The zero-order valence-corrected chi connectivity index (χ0v) is 15.5. The maximum atomic E-state index is 12.8. The minimum atomic E-state index is -0.722. The molecule has 3 heterocycles. The van der Waals surface area contributed by atoms with Crippen molar-refractivity contribution in [2.45, 2.75) is 13.1 Å². The molecule has 30 heavy (non-hydrogen) atoms. The van der Waals surface area contributed by atoms with Crippen LogP contribution >= 0.6 is 0 Å². The van der Waals surface area contributed by atoms with Gasteiger partial charge in [-0.05, 0) is 23.8 Å². The van der Waals surface area contributed by atoms with E-state index < -0.39 is 16.7 Å². The van der Waals surface area contributed by atoms with Gasteiger partial charge in [0.2, 0.25) is 0 Å². The number of nitro groups is 1. The topological polar surface area (TPSA) is 133 Å². The molecule has 1 aromatic carbocycles. The zero-order valence-electron chi connectivity index (χ0n) is 15.5. The molecule has 0 saturated carbocycles. The van der Waals surface area contributed by atoms with Gasteiger partial charge in [-0.3, -0.25) is 24.7 Å². The SMILES string of the molecule is O=C(NCc1nn(Cc2cccnc2)c(=O)c2ccccc12)c1ccc([N+](=O)[O-])o1. The highest BCUT2D eigenvalue weighted by atomic mass is 16.6. The summed E-state index contributed by atoms with van der Waals surface area (Å²) in [5.74, 6) is -1.33. The molecule has 150 valence electrons. The molecule has 0 radical (unpaired) electrons.